The second kappa shape index (κ2) is 7.28. The van der Waals surface area contributed by atoms with Crippen molar-refractivity contribution in [1.82, 2.24) is 0 Å². The van der Waals surface area contributed by atoms with Crippen molar-refractivity contribution in [2.45, 2.75) is 39.7 Å². The van der Waals surface area contributed by atoms with Gasteiger partial charge in [0.2, 0.25) is 0 Å². The first-order valence-electron chi connectivity index (χ1n) is 9.04. The summed E-state index contributed by atoms with van der Waals surface area (Å²) in [6, 6.07) is 14.2. The summed E-state index contributed by atoms with van der Waals surface area (Å²) in [7, 11) is 0. The molecule has 0 aromatic heterocycles. The molecule has 2 N–H and O–H groups in total. The number of carbonyl (C=O) groups is 1. The summed E-state index contributed by atoms with van der Waals surface area (Å²) in [4.78, 5) is 14.2. The summed E-state index contributed by atoms with van der Waals surface area (Å²) in [6.45, 7) is 9.59. The standard InChI is InChI=1S/C21H27N3O2/c1-15-7-5-8-18-19(15)22-13-6-14-24(18)17-11-9-16(10-12-17)23-20(25)26-21(2,3)4/h5,7-12,22H,6,13-14H2,1-4H3,(H,23,25). The lowest BCUT2D eigenvalue weighted by atomic mass is 10.1. The van der Waals surface area contributed by atoms with Gasteiger partial charge in [0, 0.05) is 24.5 Å². The molecule has 5 heteroatoms. The van der Waals surface area contributed by atoms with Crippen LogP contribution in [0.5, 0.6) is 0 Å². The molecule has 0 bridgehead atoms. The molecule has 2 aromatic carbocycles. The third-order valence-corrected chi connectivity index (χ3v) is 4.23. The van der Waals surface area contributed by atoms with Crippen molar-refractivity contribution in [1.29, 1.82) is 0 Å². The van der Waals surface area contributed by atoms with Crippen LogP contribution in [-0.4, -0.2) is 24.8 Å². The van der Waals surface area contributed by atoms with Crippen molar-refractivity contribution < 1.29 is 9.53 Å². The maximum absolute atomic E-state index is 11.9. The number of hydrogen-bond donors (Lipinski definition) is 2. The Labute approximate surface area is 155 Å². The Morgan fingerprint density at radius 1 is 1.15 bits per heavy atom. The van der Waals surface area contributed by atoms with Gasteiger partial charge in [-0.25, -0.2) is 4.79 Å². The number of anilines is 4. The maximum Gasteiger partial charge on any atom is 0.412 e. The Morgan fingerprint density at radius 2 is 1.88 bits per heavy atom. The monoisotopic (exact) mass is 353 g/mol. The molecular weight excluding hydrogens is 326 g/mol. The average molecular weight is 353 g/mol. The van der Waals surface area contributed by atoms with Crippen LogP contribution in [-0.2, 0) is 4.74 Å². The van der Waals surface area contributed by atoms with E-state index in [0.29, 0.717) is 0 Å². The van der Waals surface area contributed by atoms with Crippen molar-refractivity contribution in [3.63, 3.8) is 0 Å². The number of benzene rings is 2. The Balaban J connectivity index is 1.79. The second-order valence-corrected chi connectivity index (χ2v) is 7.57. The third-order valence-electron chi connectivity index (χ3n) is 4.23. The van der Waals surface area contributed by atoms with E-state index < -0.39 is 11.7 Å². The molecule has 0 fully saturated rings. The topological polar surface area (TPSA) is 53.6 Å². The van der Waals surface area contributed by atoms with Crippen LogP contribution < -0.4 is 15.5 Å². The van der Waals surface area contributed by atoms with Crippen molar-refractivity contribution in [3.8, 4) is 0 Å². The highest BCUT2D eigenvalue weighted by molar-refractivity contribution is 5.86. The molecular formula is C21H27N3O2. The number of amides is 1. The molecule has 1 aliphatic heterocycles. The van der Waals surface area contributed by atoms with Gasteiger partial charge in [0.15, 0.2) is 0 Å². The number of aryl methyl sites for hydroxylation is 1. The molecule has 0 unspecified atom stereocenters. The predicted molar refractivity (Wildman–Crippen MR) is 108 cm³/mol. The van der Waals surface area contributed by atoms with Crippen molar-refractivity contribution in [2.75, 3.05) is 28.6 Å². The molecule has 1 aliphatic rings. The van der Waals surface area contributed by atoms with E-state index in [1.165, 1.54) is 16.9 Å². The second-order valence-electron chi connectivity index (χ2n) is 7.57. The van der Waals surface area contributed by atoms with Crippen LogP contribution in [0.2, 0.25) is 0 Å². The highest BCUT2D eigenvalue weighted by Gasteiger charge is 2.19. The van der Waals surface area contributed by atoms with Gasteiger partial charge in [-0.2, -0.15) is 0 Å². The predicted octanol–water partition coefficient (Wildman–Crippen LogP) is 5.30. The quantitative estimate of drug-likeness (QED) is 0.770. The summed E-state index contributed by atoms with van der Waals surface area (Å²) in [5.41, 5.74) is 4.95. The van der Waals surface area contributed by atoms with Crippen molar-refractivity contribution >= 4 is 28.8 Å². The SMILES string of the molecule is Cc1cccc2c1NCCCN2c1ccc(NC(=O)OC(C)(C)C)cc1. The largest absolute Gasteiger partial charge is 0.444 e. The lowest BCUT2D eigenvalue weighted by molar-refractivity contribution is 0.0636. The van der Waals surface area contributed by atoms with Gasteiger partial charge in [-0.05, 0) is 70.0 Å². The fourth-order valence-electron chi connectivity index (χ4n) is 3.09. The van der Waals surface area contributed by atoms with Gasteiger partial charge in [-0.1, -0.05) is 12.1 Å². The number of nitrogens with one attached hydrogen (secondary N) is 2. The lowest BCUT2D eigenvalue weighted by Gasteiger charge is -2.25. The molecule has 0 aliphatic carbocycles. The highest BCUT2D eigenvalue weighted by Crippen LogP contribution is 2.36. The van der Waals surface area contributed by atoms with Crippen LogP contribution in [0, 0.1) is 6.92 Å². The normalized spacial score (nSPS) is 14.1. The van der Waals surface area contributed by atoms with Gasteiger partial charge in [0.25, 0.3) is 0 Å². The highest BCUT2D eigenvalue weighted by atomic mass is 16.6. The van der Waals surface area contributed by atoms with E-state index in [9.17, 15) is 4.79 Å². The number of carbonyl (C=O) groups excluding carboxylic acids is 1. The van der Waals surface area contributed by atoms with E-state index in [-0.39, 0.29) is 0 Å². The Morgan fingerprint density at radius 3 is 2.58 bits per heavy atom. The van der Waals surface area contributed by atoms with Gasteiger partial charge in [0.1, 0.15) is 5.60 Å². The smallest absolute Gasteiger partial charge is 0.412 e. The zero-order valence-corrected chi connectivity index (χ0v) is 15.9. The number of nitrogens with zero attached hydrogens (tertiary/aromatic N) is 1. The van der Waals surface area contributed by atoms with Crippen LogP contribution >= 0.6 is 0 Å². The van der Waals surface area contributed by atoms with Gasteiger partial charge < -0.3 is 15.0 Å². The fraction of sp³-hybridized carbons (Fsp3) is 0.381. The molecule has 138 valence electrons. The number of hydrogen-bond acceptors (Lipinski definition) is 4. The molecule has 26 heavy (non-hydrogen) atoms. The minimum absolute atomic E-state index is 0.440. The van der Waals surface area contributed by atoms with E-state index in [1.54, 1.807) is 0 Å². The first-order valence-corrected chi connectivity index (χ1v) is 9.04. The number of rotatable bonds is 2. The molecule has 0 spiro atoms. The maximum atomic E-state index is 11.9. The number of para-hydroxylation sites is 1. The van der Waals surface area contributed by atoms with Crippen molar-refractivity contribution in [2.24, 2.45) is 0 Å². The van der Waals surface area contributed by atoms with E-state index in [2.05, 4.69) is 40.7 Å². The third kappa shape index (κ3) is 4.28. The minimum atomic E-state index is -0.509. The van der Waals surface area contributed by atoms with E-state index >= 15 is 0 Å². The van der Waals surface area contributed by atoms with Crippen LogP contribution in [0.3, 0.4) is 0 Å². The van der Waals surface area contributed by atoms with Crippen LogP contribution in [0.15, 0.2) is 42.5 Å². The molecule has 1 amide bonds. The molecule has 1 heterocycles. The van der Waals surface area contributed by atoms with Crippen LogP contribution in [0.1, 0.15) is 32.8 Å². The van der Waals surface area contributed by atoms with E-state index in [4.69, 9.17) is 4.74 Å². The molecule has 5 nitrogen and oxygen atoms in total. The summed E-state index contributed by atoms with van der Waals surface area (Å²) < 4.78 is 5.30. The Kier molecular flexibility index (Phi) is 5.07. The lowest BCUT2D eigenvalue weighted by Crippen LogP contribution is -2.27. The Bertz CT molecular complexity index is 779. The van der Waals surface area contributed by atoms with Gasteiger partial charge in [-0.15, -0.1) is 0 Å². The average Bonchev–Trinajstić information content (AvgIpc) is 2.77. The molecule has 0 atom stereocenters. The summed E-state index contributed by atoms with van der Waals surface area (Å²) >= 11 is 0. The molecule has 0 radical (unpaired) electrons. The molecule has 0 saturated carbocycles. The van der Waals surface area contributed by atoms with E-state index in [1.807, 2.05) is 45.0 Å². The van der Waals surface area contributed by atoms with Gasteiger partial charge in [-0.3, -0.25) is 5.32 Å². The molecule has 0 saturated heterocycles. The minimum Gasteiger partial charge on any atom is -0.444 e. The number of ether oxygens (including phenoxy) is 1. The van der Waals surface area contributed by atoms with Crippen LogP contribution in [0.4, 0.5) is 27.5 Å². The zero-order chi connectivity index (χ0) is 18.7. The first kappa shape index (κ1) is 18.1. The fourth-order valence-corrected chi connectivity index (χ4v) is 3.09. The van der Waals surface area contributed by atoms with Crippen LogP contribution in [0.25, 0.3) is 0 Å². The van der Waals surface area contributed by atoms with Gasteiger partial charge >= 0.3 is 6.09 Å². The summed E-state index contributed by atoms with van der Waals surface area (Å²) in [6.07, 6.45) is 0.622. The Hall–Kier alpha value is -2.69. The molecule has 2 aromatic rings. The van der Waals surface area contributed by atoms with Gasteiger partial charge in [0.05, 0.1) is 11.4 Å². The summed E-state index contributed by atoms with van der Waals surface area (Å²) in [5, 5.41) is 6.31. The molecule has 3 rings (SSSR count). The van der Waals surface area contributed by atoms with Crippen molar-refractivity contribution in [3.05, 3.63) is 48.0 Å². The number of fused-ring (bicyclic) bond motifs is 1. The van der Waals surface area contributed by atoms with E-state index in [0.717, 1.165) is 30.9 Å². The summed E-state index contributed by atoms with van der Waals surface area (Å²) in [5.74, 6) is 0. The zero-order valence-electron chi connectivity index (χ0n) is 15.9. The first-order chi connectivity index (χ1) is 12.3.